The number of hydrogen-bond donors (Lipinski definition) is 3. The molecule has 0 bridgehead atoms. The summed E-state index contributed by atoms with van der Waals surface area (Å²) in [7, 11) is -2.49. The number of aliphatic hydroxyl groups excluding tert-OH is 1. The number of benzene rings is 1. The second-order valence-corrected chi connectivity index (χ2v) is 12.3. The minimum absolute atomic E-state index is 0.0400. The minimum Gasteiger partial charge on any atom is -0.497 e. The van der Waals surface area contributed by atoms with Crippen LogP contribution >= 0.6 is 0 Å². The Morgan fingerprint density at radius 2 is 1.93 bits per heavy atom. The number of rotatable bonds is 12. The third kappa shape index (κ3) is 7.40. The number of fused-ring (bicyclic) bond motifs is 1. The third-order valence-corrected chi connectivity index (χ3v) is 8.78. The molecule has 40 heavy (non-hydrogen) atoms. The Bertz CT molecular complexity index is 1220. The number of carbonyl (C=O) groups excluding carboxylic acids is 1. The fraction of sp³-hybridized carbons (Fsp3) is 0.556. The molecule has 1 aromatic heterocycles. The van der Waals surface area contributed by atoms with Crippen molar-refractivity contribution in [2.75, 3.05) is 33.4 Å². The largest absolute Gasteiger partial charge is 0.497 e. The predicted octanol–water partition coefficient (Wildman–Crippen LogP) is 1.90. The molecule has 2 fully saturated rings. The Balaban J connectivity index is 1.52. The van der Waals surface area contributed by atoms with E-state index in [1.54, 1.807) is 18.2 Å². The highest BCUT2D eigenvalue weighted by atomic mass is 32.2. The first-order chi connectivity index (χ1) is 19.1. The molecule has 0 aliphatic carbocycles. The van der Waals surface area contributed by atoms with Gasteiger partial charge in [-0.3, -0.25) is 0 Å². The van der Waals surface area contributed by atoms with Crippen LogP contribution in [0.2, 0.25) is 0 Å². The molecule has 2 aromatic rings. The van der Waals surface area contributed by atoms with Gasteiger partial charge in [0.1, 0.15) is 11.9 Å². The van der Waals surface area contributed by atoms with Crippen molar-refractivity contribution in [1.29, 1.82) is 0 Å². The van der Waals surface area contributed by atoms with Gasteiger partial charge in [-0.15, -0.1) is 0 Å². The van der Waals surface area contributed by atoms with Crippen LogP contribution in [0.1, 0.15) is 25.8 Å². The predicted molar refractivity (Wildman–Crippen MR) is 143 cm³/mol. The van der Waals surface area contributed by atoms with E-state index in [0.717, 1.165) is 0 Å². The molecule has 3 heterocycles. The van der Waals surface area contributed by atoms with Crippen LogP contribution in [-0.4, -0.2) is 92.0 Å². The van der Waals surface area contributed by atoms with Crippen molar-refractivity contribution in [1.82, 2.24) is 14.6 Å². The highest BCUT2D eigenvalue weighted by Gasteiger charge is 2.44. The summed E-state index contributed by atoms with van der Waals surface area (Å²) in [5.41, 5.74) is 0.615. The highest BCUT2D eigenvalue weighted by Crippen LogP contribution is 2.33. The van der Waals surface area contributed by atoms with Crippen LogP contribution in [0.25, 0.3) is 0 Å². The van der Waals surface area contributed by atoms with E-state index in [2.05, 4.69) is 10.3 Å². The van der Waals surface area contributed by atoms with Gasteiger partial charge >= 0.3 is 6.09 Å². The number of nitrogens with zero attached hydrogens (tertiary/aromatic N) is 2. The average Bonchev–Trinajstić information content (AvgIpc) is 3.54. The number of pyridine rings is 1. The van der Waals surface area contributed by atoms with Crippen molar-refractivity contribution < 1.29 is 42.4 Å². The smallest absolute Gasteiger partial charge is 0.407 e. The standard InChI is InChI=1S/C27H37N3O9S/c1-17(2)14-30(40(34,35)20-7-5-19(36-3)6-8-20)15-23(31)22(12-18-4-9-25(32)28-13-18)29-27(33)39-24-16-38-26-21(24)10-11-37-26/h4-9,13,17,21-24,26,31H,10-12,14-16H2,1-3H3,(H,28,32)(H,29,33)/t21-,22-,23+,24-,26+/m0/s1. The molecule has 0 saturated carbocycles. The number of alkyl carbamates (subject to hydrolysis) is 1. The lowest BCUT2D eigenvalue weighted by Crippen LogP contribution is -2.51. The lowest BCUT2D eigenvalue weighted by molar-refractivity contribution is -0.0907. The molecule has 2 aliphatic rings. The number of amides is 1. The number of aliphatic hydroxyl groups is 1. The van der Waals surface area contributed by atoms with Crippen molar-refractivity contribution in [3.63, 3.8) is 0 Å². The maximum atomic E-state index is 13.6. The van der Waals surface area contributed by atoms with Crippen LogP contribution in [0, 0.1) is 11.8 Å². The molecule has 4 rings (SSSR count). The van der Waals surface area contributed by atoms with E-state index in [1.807, 2.05) is 13.8 Å². The summed E-state index contributed by atoms with van der Waals surface area (Å²) >= 11 is 0. The Morgan fingerprint density at radius 3 is 2.58 bits per heavy atom. The third-order valence-electron chi connectivity index (χ3n) is 6.93. The molecule has 2 saturated heterocycles. The van der Waals surface area contributed by atoms with Gasteiger partial charge < -0.3 is 34.5 Å². The number of sulfonamides is 1. The van der Waals surface area contributed by atoms with E-state index in [9.17, 15) is 23.4 Å². The van der Waals surface area contributed by atoms with Gasteiger partial charge in [0, 0.05) is 25.4 Å². The molecule has 0 unspecified atom stereocenters. The van der Waals surface area contributed by atoms with E-state index >= 15 is 0 Å². The van der Waals surface area contributed by atoms with E-state index in [1.165, 1.54) is 35.8 Å². The van der Waals surface area contributed by atoms with E-state index in [0.29, 0.717) is 24.3 Å². The van der Waals surface area contributed by atoms with Gasteiger partial charge in [-0.1, -0.05) is 19.9 Å². The van der Waals surface area contributed by atoms with E-state index in [4.69, 9.17) is 18.9 Å². The molecule has 12 nitrogen and oxygen atoms in total. The average molecular weight is 580 g/mol. The van der Waals surface area contributed by atoms with E-state index < -0.39 is 40.7 Å². The van der Waals surface area contributed by atoms with Crippen LogP contribution in [0.4, 0.5) is 4.79 Å². The first kappa shape index (κ1) is 30.0. The first-order valence-corrected chi connectivity index (χ1v) is 14.7. The zero-order chi connectivity index (χ0) is 28.9. The number of hydrogen-bond acceptors (Lipinski definition) is 10. The molecule has 220 valence electrons. The van der Waals surface area contributed by atoms with Crippen LogP contribution in [0.15, 0.2) is 47.5 Å². The van der Waals surface area contributed by atoms with Gasteiger partial charge in [-0.25, -0.2) is 18.2 Å². The van der Waals surface area contributed by atoms with Crippen molar-refractivity contribution in [3.8, 4) is 11.6 Å². The quantitative estimate of drug-likeness (QED) is 0.339. The first-order valence-electron chi connectivity index (χ1n) is 13.2. The van der Waals surface area contributed by atoms with Crippen molar-refractivity contribution >= 4 is 16.1 Å². The SMILES string of the molecule is COc1ccc(S(=O)(=O)N(CC(C)C)C[C@@H](O)[C@H](Cc2ccc(O)nc2)NC(=O)O[C@H]2CO[C@H]3OCC[C@H]32)cc1. The monoisotopic (exact) mass is 579 g/mol. The maximum absolute atomic E-state index is 13.6. The van der Waals surface area contributed by atoms with E-state index in [-0.39, 0.29) is 48.7 Å². The Hall–Kier alpha value is -2.97. The highest BCUT2D eigenvalue weighted by molar-refractivity contribution is 7.89. The Morgan fingerprint density at radius 1 is 1.18 bits per heavy atom. The lowest BCUT2D eigenvalue weighted by Gasteiger charge is -2.31. The Labute approximate surface area is 234 Å². The fourth-order valence-corrected chi connectivity index (χ4v) is 6.48. The maximum Gasteiger partial charge on any atom is 0.407 e. The molecule has 0 spiro atoms. The summed E-state index contributed by atoms with van der Waals surface area (Å²) in [4.78, 5) is 16.9. The summed E-state index contributed by atoms with van der Waals surface area (Å²) in [6, 6.07) is 8.09. The minimum atomic E-state index is -3.99. The number of aromatic hydroxyl groups is 1. The molecule has 1 aromatic carbocycles. The second kappa shape index (κ2) is 13.1. The van der Waals surface area contributed by atoms with Crippen molar-refractivity contribution in [3.05, 3.63) is 48.2 Å². The zero-order valence-electron chi connectivity index (χ0n) is 22.8. The lowest BCUT2D eigenvalue weighted by atomic mass is 10.0. The fourth-order valence-electron chi connectivity index (χ4n) is 4.86. The molecule has 13 heteroatoms. The zero-order valence-corrected chi connectivity index (χ0v) is 23.6. The van der Waals surface area contributed by atoms with Gasteiger partial charge in [-0.05, 0) is 48.6 Å². The summed E-state index contributed by atoms with van der Waals surface area (Å²) < 4.78 is 50.2. The van der Waals surface area contributed by atoms with Gasteiger partial charge in [0.15, 0.2) is 6.29 Å². The number of nitrogens with one attached hydrogen (secondary N) is 1. The van der Waals surface area contributed by atoms with Gasteiger partial charge in [0.25, 0.3) is 0 Å². The number of ether oxygens (including phenoxy) is 4. The van der Waals surface area contributed by atoms with Crippen molar-refractivity contribution in [2.45, 2.75) is 56.1 Å². The summed E-state index contributed by atoms with van der Waals surface area (Å²) in [6.07, 6.45) is -0.712. The molecular formula is C27H37N3O9S. The molecule has 3 N–H and O–H groups in total. The van der Waals surface area contributed by atoms with Crippen LogP contribution < -0.4 is 10.1 Å². The molecular weight excluding hydrogens is 542 g/mol. The number of methoxy groups -OCH3 is 1. The number of carbonyl (C=O) groups is 1. The Kier molecular flexibility index (Phi) is 9.85. The summed E-state index contributed by atoms with van der Waals surface area (Å²) in [5, 5.41) is 23.6. The van der Waals surface area contributed by atoms with Crippen LogP contribution in [0.3, 0.4) is 0 Å². The topological polar surface area (TPSA) is 157 Å². The summed E-state index contributed by atoms with van der Waals surface area (Å²) in [6.45, 7) is 4.35. The van der Waals surface area contributed by atoms with Crippen molar-refractivity contribution in [2.24, 2.45) is 11.8 Å². The van der Waals surface area contributed by atoms with Crippen LogP contribution in [0.5, 0.6) is 11.6 Å². The molecule has 1 amide bonds. The van der Waals surface area contributed by atoms with Gasteiger partial charge in [0.2, 0.25) is 15.9 Å². The molecule has 2 aliphatic heterocycles. The normalized spacial score (nSPS) is 22.2. The molecule has 0 radical (unpaired) electrons. The van der Waals surface area contributed by atoms with Gasteiger partial charge in [-0.2, -0.15) is 4.31 Å². The number of aromatic nitrogens is 1. The van der Waals surface area contributed by atoms with Crippen LogP contribution in [-0.2, 0) is 30.7 Å². The summed E-state index contributed by atoms with van der Waals surface area (Å²) in [5.74, 6) is 0.243. The second-order valence-electron chi connectivity index (χ2n) is 10.4. The molecule has 5 atom stereocenters. The van der Waals surface area contributed by atoms with Gasteiger partial charge in [0.05, 0.1) is 43.3 Å².